The van der Waals surface area contributed by atoms with E-state index in [-0.39, 0.29) is 12.3 Å². The summed E-state index contributed by atoms with van der Waals surface area (Å²) in [6, 6.07) is 4.79. The summed E-state index contributed by atoms with van der Waals surface area (Å²) in [5.74, 6) is -0.465. The van der Waals surface area contributed by atoms with Gasteiger partial charge in [0, 0.05) is 13.1 Å². The smallest absolute Gasteiger partial charge is 0.355 e. The number of hydrogen-bond acceptors (Lipinski definition) is 4. The minimum Gasteiger partial charge on any atom is -0.461 e. The summed E-state index contributed by atoms with van der Waals surface area (Å²) in [5.41, 5.74) is 1.57. The number of non-ortho nitro benzene ring substituents is 1. The van der Waals surface area contributed by atoms with Crippen LogP contribution in [-0.2, 0) is 11.8 Å². The maximum Gasteiger partial charge on any atom is 0.355 e. The molecule has 0 atom stereocenters. The molecular weight excluding hydrogens is 248 g/mol. The van der Waals surface area contributed by atoms with Crippen LogP contribution in [0, 0.1) is 17.0 Å². The number of aryl methyl sites for hydroxylation is 2. The molecule has 2 rings (SSSR count). The van der Waals surface area contributed by atoms with Crippen LogP contribution in [-0.4, -0.2) is 22.1 Å². The predicted octanol–water partition coefficient (Wildman–Crippen LogP) is 2.57. The third-order valence-electron chi connectivity index (χ3n) is 3.11. The third kappa shape index (κ3) is 1.95. The van der Waals surface area contributed by atoms with Gasteiger partial charge in [-0.15, -0.1) is 0 Å². The highest BCUT2D eigenvalue weighted by atomic mass is 16.6. The minimum absolute atomic E-state index is 0.00106. The number of aromatic nitrogens is 1. The number of nitro groups is 1. The highest BCUT2D eigenvalue weighted by Crippen LogP contribution is 2.32. The summed E-state index contributed by atoms with van der Waals surface area (Å²) in [6.07, 6.45) is 0. The lowest BCUT2D eigenvalue weighted by molar-refractivity contribution is -0.383. The van der Waals surface area contributed by atoms with E-state index in [1.54, 1.807) is 37.6 Å². The van der Waals surface area contributed by atoms with E-state index in [1.807, 2.05) is 0 Å². The van der Waals surface area contributed by atoms with Crippen LogP contribution >= 0.6 is 0 Å². The Morgan fingerprint density at radius 1 is 1.47 bits per heavy atom. The van der Waals surface area contributed by atoms with Crippen molar-refractivity contribution in [3.8, 4) is 0 Å². The van der Waals surface area contributed by atoms with E-state index in [4.69, 9.17) is 4.74 Å². The maximum absolute atomic E-state index is 11.9. The Kier molecular flexibility index (Phi) is 3.25. The molecule has 0 bridgehead atoms. The monoisotopic (exact) mass is 262 g/mol. The second-order valence-corrected chi connectivity index (χ2v) is 4.18. The molecule has 6 heteroatoms. The summed E-state index contributed by atoms with van der Waals surface area (Å²) in [7, 11) is 1.70. The molecule has 0 fully saturated rings. The molecule has 1 aromatic carbocycles. The SMILES string of the molecule is CCOC(=O)c1c(C)c2c([N+](=O)[O-])cccc2n1C. The molecule has 2 aromatic rings. The maximum atomic E-state index is 11.9. The molecule has 0 aliphatic carbocycles. The van der Waals surface area contributed by atoms with Crippen molar-refractivity contribution in [2.24, 2.45) is 7.05 Å². The van der Waals surface area contributed by atoms with E-state index in [1.165, 1.54) is 6.07 Å². The van der Waals surface area contributed by atoms with Crippen LogP contribution in [0.3, 0.4) is 0 Å². The Balaban J connectivity index is 2.79. The highest BCUT2D eigenvalue weighted by molar-refractivity contribution is 6.02. The normalized spacial score (nSPS) is 10.7. The zero-order valence-corrected chi connectivity index (χ0v) is 11.0. The van der Waals surface area contributed by atoms with Crippen molar-refractivity contribution in [2.75, 3.05) is 6.61 Å². The molecular formula is C13H14N2O4. The number of fused-ring (bicyclic) bond motifs is 1. The summed E-state index contributed by atoms with van der Waals surface area (Å²) >= 11 is 0. The quantitative estimate of drug-likeness (QED) is 0.484. The molecule has 0 amide bonds. The van der Waals surface area contributed by atoms with E-state index in [0.717, 1.165) is 0 Å². The second kappa shape index (κ2) is 4.72. The molecule has 0 saturated carbocycles. The molecule has 0 aliphatic heterocycles. The molecule has 0 unspecified atom stereocenters. The fourth-order valence-corrected chi connectivity index (χ4v) is 2.32. The molecule has 0 radical (unpaired) electrons. The van der Waals surface area contributed by atoms with Crippen molar-refractivity contribution >= 4 is 22.6 Å². The van der Waals surface area contributed by atoms with Gasteiger partial charge in [0.1, 0.15) is 5.69 Å². The van der Waals surface area contributed by atoms with Crippen molar-refractivity contribution in [3.05, 3.63) is 39.6 Å². The number of carbonyl (C=O) groups excluding carboxylic acids is 1. The van der Waals surface area contributed by atoms with Gasteiger partial charge in [-0.2, -0.15) is 0 Å². The molecule has 19 heavy (non-hydrogen) atoms. The molecule has 0 saturated heterocycles. The van der Waals surface area contributed by atoms with Gasteiger partial charge in [0.2, 0.25) is 0 Å². The van der Waals surface area contributed by atoms with Crippen LogP contribution in [0.15, 0.2) is 18.2 Å². The number of ether oxygens (including phenoxy) is 1. The number of hydrogen-bond donors (Lipinski definition) is 0. The van der Waals surface area contributed by atoms with Crippen LogP contribution < -0.4 is 0 Å². The first-order chi connectivity index (χ1) is 8.99. The van der Waals surface area contributed by atoms with Crippen LogP contribution in [0.2, 0.25) is 0 Å². The number of nitrogens with zero attached hydrogens (tertiary/aromatic N) is 2. The number of esters is 1. The Morgan fingerprint density at radius 2 is 2.16 bits per heavy atom. The lowest BCUT2D eigenvalue weighted by atomic mass is 10.1. The fraction of sp³-hybridized carbons (Fsp3) is 0.308. The molecule has 100 valence electrons. The lowest BCUT2D eigenvalue weighted by Crippen LogP contribution is -2.10. The number of rotatable bonds is 3. The molecule has 1 aromatic heterocycles. The molecule has 0 N–H and O–H groups in total. The lowest BCUT2D eigenvalue weighted by Gasteiger charge is -2.04. The van der Waals surface area contributed by atoms with E-state index in [0.29, 0.717) is 22.2 Å². The van der Waals surface area contributed by atoms with E-state index < -0.39 is 10.9 Å². The topological polar surface area (TPSA) is 74.4 Å². The van der Waals surface area contributed by atoms with Crippen molar-refractivity contribution < 1.29 is 14.5 Å². The predicted molar refractivity (Wildman–Crippen MR) is 70.3 cm³/mol. The fourth-order valence-electron chi connectivity index (χ4n) is 2.32. The van der Waals surface area contributed by atoms with Crippen LogP contribution in [0.4, 0.5) is 5.69 Å². The first-order valence-electron chi connectivity index (χ1n) is 5.88. The van der Waals surface area contributed by atoms with Crippen molar-refractivity contribution in [2.45, 2.75) is 13.8 Å². The first-order valence-corrected chi connectivity index (χ1v) is 5.88. The molecule has 1 heterocycles. The molecule has 0 aliphatic rings. The number of benzene rings is 1. The van der Waals surface area contributed by atoms with E-state index in [2.05, 4.69) is 0 Å². The Bertz CT molecular complexity index is 673. The molecule has 6 nitrogen and oxygen atoms in total. The zero-order chi connectivity index (χ0) is 14.2. The summed E-state index contributed by atoms with van der Waals surface area (Å²) in [4.78, 5) is 22.5. The van der Waals surface area contributed by atoms with Gasteiger partial charge in [0.15, 0.2) is 0 Å². The summed E-state index contributed by atoms with van der Waals surface area (Å²) in [6.45, 7) is 3.68. The Hall–Kier alpha value is -2.37. The second-order valence-electron chi connectivity index (χ2n) is 4.18. The Morgan fingerprint density at radius 3 is 2.74 bits per heavy atom. The van der Waals surface area contributed by atoms with Crippen LogP contribution in [0.1, 0.15) is 23.0 Å². The van der Waals surface area contributed by atoms with Gasteiger partial charge in [-0.1, -0.05) is 6.07 Å². The Labute approximate surface area is 109 Å². The highest BCUT2D eigenvalue weighted by Gasteiger charge is 2.24. The van der Waals surface area contributed by atoms with Gasteiger partial charge < -0.3 is 9.30 Å². The van der Waals surface area contributed by atoms with Gasteiger partial charge in [0.25, 0.3) is 5.69 Å². The van der Waals surface area contributed by atoms with Gasteiger partial charge in [-0.25, -0.2) is 4.79 Å². The summed E-state index contributed by atoms with van der Waals surface area (Å²) < 4.78 is 6.62. The van der Waals surface area contributed by atoms with Gasteiger partial charge in [-0.3, -0.25) is 10.1 Å². The van der Waals surface area contributed by atoms with Crippen molar-refractivity contribution in [1.82, 2.24) is 4.57 Å². The van der Waals surface area contributed by atoms with Gasteiger partial charge in [0.05, 0.1) is 22.4 Å². The van der Waals surface area contributed by atoms with E-state index >= 15 is 0 Å². The number of carbonyl (C=O) groups is 1. The van der Waals surface area contributed by atoms with Gasteiger partial charge >= 0.3 is 5.97 Å². The first kappa shape index (κ1) is 13.1. The van der Waals surface area contributed by atoms with E-state index in [9.17, 15) is 14.9 Å². The average Bonchev–Trinajstić information content (AvgIpc) is 2.62. The zero-order valence-electron chi connectivity index (χ0n) is 11.0. The standard InChI is InChI=1S/C13H14N2O4/c1-4-19-13(16)12-8(2)11-9(14(12)3)6-5-7-10(11)15(17)18/h5-7H,4H2,1-3H3. The van der Waals surface area contributed by atoms with Crippen LogP contribution in [0.25, 0.3) is 10.9 Å². The van der Waals surface area contributed by atoms with Gasteiger partial charge in [-0.05, 0) is 25.5 Å². The summed E-state index contributed by atoms with van der Waals surface area (Å²) in [5, 5.41) is 11.5. The van der Waals surface area contributed by atoms with Crippen LogP contribution in [0.5, 0.6) is 0 Å². The largest absolute Gasteiger partial charge is 0.461 e. The van der Waals surface area contributed by atoms with Crippen molar-refractivity contribution in [1.29, 1.82) is 0 Å². The number of nitro benzene ring substituents is 1. The molecule has 0 spiro atoms. The minimum atomic E-state index is -0.465. The third-order valence-corrected chi connectivity index (χ3v) is 3.11. The average molecular weight is 262 g/mol. The van der Waals surface area contributed by atoms with Crippen molar-refractivity contribution in [3.63, 3.8) is 0 Å².